The molecule has 0 aliphatic carbocycles. The van der Waals surface area contributed by atoms with E-state index in [4.69, 9.17) is 74.3 Å². The number of halogens is 6. The molecule has 4 nitrogen and oxygen atoms in total. The van der Waals surface area contributed by atoms with Crippen LogP contribution in [0.4, 0.5) is 0 Å². The maximum Gasteiger partial charge on any atom is 0.250 e. The molecule has 124 valence electrons. The third kappa shape index (κ3) is 5.12. The topological polar surface area (TPSA) is 47.9 Å². The fourth-order valence-electron chi connectivity index (χ4n) is 1.63. The van der Waals surface area contributed by atoms with Gasteiger partial charge in [0.25, 0.3) is 0 Å². The van der Waals surface area contributed by atoms with E-state index in [1.54, 1.807) is 24.3 Å². The molecule has 0 saturated carbocycles. The lowest BCUT2D eigenvalue weighted by atomic mass is 10.2. The predicted octanol–water partition coefficient (Wildman–Crippen LogP) is 5.59. The van der Waals surface area contributed by atoms with Crippen molar-refractivity contribution >= 4 is 69.6 Å². The van der Waals surface area contributed by atoms with Gasteiger partial charge in [0.15, 0.2) is 17.5 Å². The summed E-state index contributed by atoms with van der Waals surface area (Å²) in [6.45, 7) is 2.44. The minimum absolute atomic E-state index is 0.136. The number of nitrogens with zero attached hydrogens (tertiary/aromatic N) is 3. The van der Waals surface area contributed by atoms with Crippen molar-refractivity contribution in [2.75, 3.05) is 6.61 Å². The second-order valence-electron chi connectivity index (χ2n) is 4.26. The molecule has 0 bridgehead atoms. The summed E-state index contributed by atoms with van der Waals surface area (Å²) in [5.41, 5.74) is 0.627. The Morgan fingerprint density at radius 1 is 0.826 bits per heavy atom. The number of ether oxygens (including phenoxy) is 1. The van der Waals surface area contributed by atoms with Gasteiger partial charge in [-0.05, 0) is 31.2 Å². The zero-order chi connectivity index (χ0) is 17.3. The first-order valence-electron chi connectivity index (χ1n) is 6.25. The van der Waals surface area contributed by atoms with E-state index in [2.05, 4.69) is 15.0 Å². The highest BCUT2D eigenvalue weighted by atomic mass is 35.6. The summed E-state index contributed by atoms with van der Waals surface area (Å²) in [6, 6.07) is 6.99. The molecule has 0 spiro atoms. The van der Waals surface area contributed by atoms with Gasteiger partial charge in [0.2, 0.25) is 7.59 Å². The molecule has 0 atom stereocenters. The lowest BCUT2D eigenvalue weighted by molar-refractivity contribution is 0.340. The summed E-state index contributed by atoms with van der Waals surface area (Å²) >= 11 is 35.0. The Morgan fingerprint density at radius 2 is 1.30 bits per heavy atom. The minimum Gasteiger partial charge on any atom is -0.494 e. The molecular weight excluding hydrogens is 427 g/mol. The zero-order valence-electron chi connectivity index (χ0n) is 11.5. The average molecular weight is 436 g/mol. The summed E-state index contributed by atoms with van der Waals surface area (Å²) in [4.78, 5) is 12.2. The standard InChI is InChI=1S/C13H9Cl6N3O/c1-2-23-8-5-3-7(4-6-8)9-20-10(12(14,15)16)22-11(21-9)13(17,18)19/h3-6H,2H2,1H3. The maximum atomic E-state index is 5.84. The van der Waals surface area contributed by atoms with Gasteiger partial charge in [-0.1, -0.05) is 69.6 Å². The van der Waals surface area contributed by atoms with Crippen molar-refractivity contribution in [3.63, 3.8) is 0 Å². The average Bonchev–Trinajstić information content (AvgIpc) is 2.46. The minimum atomic E-state index is -1.88. The van der Waals surface area contributed by atoms with Gasteiger partial charge < -0.3 is 4.74 Å². The Morgan fingerprint density at radius 3 is 1.70 bits per heavy atom. The monoisotopic (exact) mass is 433 g/mol. The molecule has 0 fully saturated rings. The van der Waals surface area contributed by atoms with Gasteiger partial charge in [0, 0.05) is 5.56 Å². The number of aromatic nitrogens is 3. The van der Waals surface area contributed by atoms with Gasteiger partial charge in [-0.25, -0.2) is 15.0 Å². The molecule has 0 aliphatic heterocycles. The van der Waals surface area contributed by atoms with Gasteiger partial charge >= 0.3 is 0 Å². The number of hydrogen-bond acceptors (Lipinski definition) is 4. The van der Waals surface area contributed by atoms with Crippen LogP contribution in [0.2, 0.25) is 0 Å². The van der Waals surface area contributed by atoms with Gasteiger partial charge in [0.05, 0.1) is 6.61 Å². The molecule has 0 unspecified atom stereocenters. The Hall–Kier alpha value is -0.230. The summed E-state index contributed by atoms with van der Waals surface area (Å²) in [5.74, 6) is 0.643. The smallest absolute Gasteiger partial charge is 0.250 e. The highest BCUT2D eigenvalue weighted by Gasteiger charge is 2.33. The zero-order valence-corrected chi connectivity index (χ0v) is 16.1. The predicted molar refractivity (Wildman–Crippen MR) is 94.9 cm³/mol. The van der Waals surface area contributed by atoms with Crippen LogP contribution in [-0.4, -0.2) is 21.6 Å². The molecule has 0 aliphatic rings. The third-order valence-corrected chi connectivity index (χ3v) is 3.58. The van der Waals surface area contributed by atoms with Gasteiger partial charge in [-0.3, -0.25) is 0 Å². The molecule has 1 aromatic carbocycles. The van der Waals surface area contributed by atoms with Crippen molar-refractivity contribution in [3.8, 4) is 17.1 Å². The van der Waals surface area contributed by atoms with Crippen LogP contribution in [0.3, 0.4) is 0 Å². The third-order valence-electron chi connectivity index (χ3n) is 2.57. The van der Waals surface area contributed by atoms with Crippen molar-refractivity contribution in [1.82, 2.24) is 15.0 Å². The van der Waals surface area contributed by atoms with Crippen LogP contribution in [0, 0.1) is 0 Å². The van der Waals surface area contributed by atoms with E-state index in [0.29, 0.717) is 17.9 Å². The maximum absolute atomic E-state index is 5.84. The Bertz CT molecular complexity index is 649. The highest BCUT2D eigenvalue weighted by Crippen LogP contribution is 2.40. The largest absolute Gasteiger partial charge is 0.494 e. The van der Waals surface area contributed by atoms with Gasteiger partial charge in [-0.15, -0.1) is 0 Å². The van der Waals surface area contributed by atoms with Crippen molar-refractivity contribution in [2.45, 2.75) is 14.5 Å². The van der Waals surface area contributed by atoms with Crippen molar-refractivity contribution in [2.24, 2.45) is 0 Å². The second kappa shape index (κ2) is 7.34. The summed E-state index contributed by atoms with van der Waals surface area (Å²) in [6.07, 6.45) is 0. The number of hydrogen-bond donors (Lipinski definition) is 0. The van der Waals surface area contributed by atoms with Crippen molar-refractivity contribution in [3.05, 3.63) is 35.9 Å². The quantitative estimate of drug-likeness (QED) is 0.589. The van der Waals surface area contributed by atoms with Crippen molar-refractivity contribution in [1.29, 1.82) is 0 Å². The lowest BCUT2D eigenvalue weighted by Crippen LogP contribution is -2.16. The van der Waals surface area contributed by atoms with E-state index in [1.165, 1.54) is 0 Å². The highest BCUT2D eigenvalue weighted by molar-refractivity contribution is 6.67. The molecule has 0 saturated heterocycles. The first kappa shape index (κ1) is 19.1. The van der Waals surface area contributed by atoms with Crippen LogP contribution < -0.4 is 4.74 Å². The molecule has 0 amide bonds. The number of alkyl halides is 6. The number of rotatable bonds is 3. The Labute approximate surface area is 163 Å². The molecule has 2 rings (SSSR count). The molecular formula is C13H9Cl6N3O. The van der Waals surface area contributed by atoms with Crippen LogP contribution in [-0.2, 0) is 7.59 Å². The number of benzene rings is 1. The normalized spacial score (nSPS) is 12.3. The van der Waals surface area contributed by atoms with E-state index in [-0.39, 0.29) is 17.5 Å². The van der Waals surface area contributed by atoms with Crippen LogP contribution in [0.5, 0.6) is 5.75 Å². The second-order valence-corrected chi connectivity index (χ2v) is 8.82. The van der Waals surface area contributed by atoms with Crippen molar-refractivity contribution < 1.29 is 4.74 Å². The van der Waals surface area contributed by atoms with Crippen LogP contribution in [0.25, 0.3) is 11.4 Å². The fraction of sp³-hybridized carbons (Fsp3) is 0.308. The summed E-state index contributed by atoms with van der Waals surface area (Å²) in [5, 5.41) is 0. The fourth-order valence-corrected chi connectivity index (χ4v) is 2.13. The van der Waals surface area contributed by atoms with E-state index in [0.717, 1.165) is 0 Å². The first-order chi connectivity index (χ1) is 10.6. The Kier molecular flexibility index (Phi) is 6.10. The van der Waals surface area contributed by atoms with Gasteiger partial charge in [0.1, 0.15) is 5.75 Å². The van der Waals surface area contributed by atoms with E-state index in [1.807, 2.05) is 6.92 Å². The van der Waals surface area contributed by atoms with Crippen LogP contribution >= 0.6 is 69.6 Å². The molecule has 23 heavy (non-hydrogen) atoms. The SMILES string of the molecule is CCOc1ccc(-c2nc(C(Cl)(Cl)Cl)nc(C(Cl)(Cl)Cl)n2)cc1. The molecule has 1 heterocycles. The molecule has 2 aromatic rings. The van der Waals surface area contributed by atoms with E-state index < -0.39 is 7.59 Å². The van der Waals surface area contributed by atoms with E-state index >= 15 is 0 Å². The Balaban J connectivity index is 2.52. The van der Waals surface area contributed by atoms with E-state index in [9.17, 15) is 0 Å². The summed E-state index contributed by atoms with van der Waals surface area (Å²) < 4.78 is 1.61. The molecule has 10 heteroatoms. The van der Waals surface area contributed by atoms with Crippen LogP contribution in [0.1, 0.15) is 18.6 Å². The summed E-state index contributed by atoms with van der Waals surface area (Å²) in [7, 11) is 0. The first-order valence-corrected chi connectivity index (χ1v) is 8.51. The van der Waals surface area contributed by atoms with Gasteiger partial charge in [-0.2, -0.15) is 0 Å². The molecule has 1 aromatic heterocycles. The molecule has 0 radical (unpaired) electrons. The molecule has 0 N–H and O–H groups in total. The van der Waals surface area contributed by atoms with Crippen LogP contribution in [0.15, 0.2) is 24.3 Å². The lowest BCUT2D eigenvalue weighted by Gasteiger charge is -2.15.